The topological polar surface area (TPSA) is 50.8 Å². The Kier molecular flexibility index (Phi) is 8.15. The van der Waals surface area contributed by atoms with Gasteiger partial charge in [0, 0.05) is 26.2 Å². The van der Waals surface area contributed by atoms with Crippen molar-refractivity contribution in [3.8, 4) is 0 Å². The summed E-state index contributed by atoms with van der Waals surface area (Å²) in [5.74, 6) is -0.231. The third-order valence-corrected chi connectivity index (χ3v) is 2.56. The largest absolute Gasteiger partial charge is 0.468 e. The van der Waals surface area contributed by atoms with Crippen molar-refractivity contribution < 1.29 is 14.3 Å². The summed E-state index contributed by atoms with van der Waals surface area (Å²) < 4.78 is 9.78. The Morgan fingerprint density at radius 3 is 2.38 bits per heavy atom. The number of esters is 1. The van der Waals surface area contributed by atoms with Gasteiger partial charge in [-0.25, -0.2) is 0 Å². The standard InChI is InChI=1S/C11H24N2O3/c1-9(2)13(6-7-15-4)8-10(12-3)11(14)16-5/h9-10,12H,6-8H2,1-5H3. The fraction of sp³-hybridized carbons (Fsp3) is 0.909. The Morgan fingerprint density at radius 1 is 1.38 bits per heavy atom. The van der Waals surface area contributed by atoms with E-state index in [1.165, 1.54) is 7.11 Å². The van der Waals surface area contributed by atoms with Crippen LogP contribution >= 0.6 is 0 Å². The zero-order valence-corrected chi connectivity index (χ0v) is 10.9. The van der Waals surface area contributed by atoms with Gasteiger partial charge in [0.15, 0.2) is 0 Å². The van der Waals surface area contributed by atoms with Gasteiger partial charge >= 0.3 is 5.97 Å². The molecule has 0 amide bonds. The minimum atomic E-state index is -0.288. The van der Waals surface area contributed by atoms with Crippen LogP contribution in [0.2, 0.25) is 0 Å². The third kappa shape index (κ3) is 5.44. The Balaban J connectivity index is 4.28. The van der Waals surface area contributed by atoms with E-state index in [4.69, 9.17) is 9.47 Å². The first-order chi connectivity index (χ1) is 7.56. The summed E-state index contributed by atoms with van der Waals surface area (Å²) in [7, 11) is 4.84. The van der Waals surface area contributed by atoms with Crippen molar-refractivity contribution in [2.75, 3.05) is 41.0 Å². The van der Waals surface area contributed by atoms with E-state index in [2.05, 4.69) is 24.1 Å². The smallest absolute Gasteiger partial charge is 0.324 e. The van der Waals surface area contributed by atoms with Crippen molar-refractivity contribution in [1.29, 1.82) is 0 Å². The highest BCUT2D eigenvalue weighted by Crippen LogP contribution is 2.01. The predicted molar refractivity (Wildman–Crippen MR) is 63.4 cm³/mol. The molecule has 0 aliphatic rings. The van der Waals surface area contributed by atoms with E-state index < -0.39 is 0 Å². The molecule has 0 spiro atoms. The van der Waals surface area contributed by atoms with E-state index in [0.29, 0.717) is 19.2 Å². The molecule has 1 N–H and O–H groups in total. The van der Waals surface area contributed by atoms with Gasteiger partial charge in [0.25, 0.3) is 0 Å². The van der Waals surface area contributed by atoms with Crippen molar-refractivity contribution in [3.63, 3.8) is 0 Å². The summed E-state index contributed by atoms with van der Waals surface area (Å²) in [5, 5.41) is 2.96. The molecule has 0 aliphatic carbocycles. The fourth-order valence-corrected chi connectivity index (χ4v) is 1.43. The number of methoxy groups -OCH3 is 2. The normalized spacial score (nSPS) is 13.2. The van der Waals surface area contributed by atoms with Gasteiger partial charge in [-0.3, -0.25) is 9.69 Å². The van der Waals surface area contributed by atoms with Crippen molar-refractivity contribution in [3.05, 3.63) is 0 Å². The molecule has 0 aromatic rings. The van der Waals surface area contributed by atoms with Crippen molar-refractivity contribution in [2.45, 2.75) is 25.9 Å². The number of carbonyl (C=O) groups is 1. The van der Waals surface area contributed by atoms with Gasteiger partial charge < -0.3 is 14.8 Å². The highest BCUT2D eigenvalue weighted by atomic mass is 16.5. The number of hydrogen-bond donors (Lipinski definition) is 1. The average molecular weight is 232 g/mol. The maximum absolute atomic E-state index is 11.4. The van der Waals surface area contributed by atoms with Crippen LogP contribution in [0.15, 0.2) is 0 Å². The molecule has 5 heteroatoms. The summed E-state index contributed by atoms with van der Waals surface area (Å²) in [6.07, 6.45) is 0. The van der Waals surface area contributed by atoms with Crippen molar-refractivity contribution >= 4 is 5.97 Å². The number of hydrogen-bond acceptors (Lipinski definition) is 5. The van der Waals surface area contributed by atoms with Gasteiger partial charge in [-0.1, -0.05) is 0 Å². The summed E-state index contributed by atoms with van der Waals surface area (Å²) in [5.41, 5.74) is 0. The quantitative estimate of drug-likeness (QED) is 0.602. The van der Waals surface area contributed by atoms with Gasteiger partial charge in [0.2, 0.25) is 0 Å². The molecular formula is C11H24N2O3. The van der Waals surface area contributed by atoms with Crippen LogP contribution in [0.5, 0.6) is 0 Å². The summed E-state index contributed by atoms with van der Waals surface area (Å²) in [6, 6.07) is 0.0833. The highest BCUT2D eigenvalue weighted by molar-refractivity contribution is 5.75. The molecule has 0 rings (SSSR count). The van der Waals surface area contributed by atoms with E-state index in [-0.39, 0.29) is 12.0 Å². The first-order valence-electron chi connectivity index (χ1n) is 5.54. The molecule has 0 saturated heterocycles. The highest BCUT2D eigenvalue weighted by Gasteiger charge is 2.21. The minimum absolute atomic E-state index is 0.231. The summed E-state index contributed by atoms with van der Waals surface area (Å²) in [6.45, 7) is 6.29. The maximum atomic E-state index is 11.4. The van der Waals surface area contributed by atoms with Gasteiger partial charge in [-0.2, -0.15) is 0 Å². The molecule has 0 aromatic carbocycles. The second kappa shape index (κ2) is 8.50. The van der Waals surface area contributed by atoms with E-state index in [1.807, 2.05) is 0 Å². The van der Waals surface area contributed by atoms with Gasteiger partial charge in [-0.15, -0.1) is 0 Å². The molecule has 0 aliphatic heterocycles. The molecule has 16 heavy (non-hydrogen) atoms. The number of ether oxygens (including phenoxy) is 2. The second-order valence-electron chi connectivity index (χ2n) is 3.95. The molecule has 0 fully saturated rings. The SMILES string of the molecule is CNC(CN(CCOC)C(C)C)C(=O)OC. The molecule has 96 valence electrons. The lowest BCUT2D eigenvalue weighted by Crippen LogP contribution is -2.48. The molecule has 5 nitrogen and oxygen atoms in total. The fourth-order valence-electron chi connectivity index (χ4n) is 1.43. The number of nitrogens with one attached hydrogen (secondary N) is 1. The first kappa shape index (κ1) is 15.3. The summed E-state index contributed by atoms with van der Waals surface area (Å²) in [4.78, 5) is 13.6. The van der Waals surface area contributed by atoms with Crippen LogP contribution in [0.1, 0.15) is 13.8 Å². The minimum Gasteiger partial charge on any atom is -0.468 e. The third-order valence-electron chi connectivity index (χ3n) is 2.56. The van der Waals surface area contributed by atoms with Crippen LogP contribution in [0.25, 0.3) is 0 Å². The average Bonchev–Trinajstić information content (AvgIpc) is 2.28. The Labute approximate surface area is 98.1 Å². The zero-order chi connectivity index (χ0) is 12.6. The molecule has 1 unspecified atom stereocenters. The van der Waals surface area contributed by atoms with E-state index in [9.17, 15) is 4.79 Å². The van der Waals surface area contributed by atoms with E-state index >= 15 is 0 Å². The lowest BCUT2D eigenvalue weighted by molar-refractivity contribution is -0.143. The Bertz CT molecular complexity index is 198. The second-order valence-corrected chi connectivity index (χ2v) is 3.95. The molecule has 0 heterocycles. The van der Waals surface area contributed by atoms with Gasteiger partial charge in [0.05, 0.1) is 13.7 Å². The van der Waals surface area contributed by atoms with E-state index in [0.717, 1.165) is 6.54 Å². The predicted octanol–water partition coefficient (Wildman–Crippen LogP) is 0.104. The van der Waals surface area contributed by atoms with Gasteiger partial charge in [-0.05, 0) is 20.9 Å². The zero-order valence-electron chi connectivity index (χ0n) is 10.9. The molecular weight excluding hydrogens is 208 g/mol. The number of carbonyl (C=O) groups excluding carboxylic acids is 1. The molecule has 0 radical (unpaired) electrons. The van der Waals surface area contributed by atoms with Crippen LogP contribution in [-0.2, 0) is 14.3 Å². The molecule has 0 aromatic heterocycles. The number of nitrogens with zero attached hydrogens (tertiary/aromatic N) is 1. The van der Waals surface area contributed by atoms with Crippen LogP contribution in [0.4, 0.5) is 0 Å². The number of rotatable bonds is 8. The molecule has 1 atom stereocenters. The first-order valence-corrected chi connectivity index (χ1v) is 5.54. The lowest BCUT2D eigenvalue weighted by Gasteiger charge is -2.29. The number of likely N-dealkylation sites (N-methyl/N-ethyl adjacent to an activating group) is 1. The monoisotopic (exact) mass is 232 g/mol. The van der Waals surface area contributed by atoms with Crippen LogP contribution < -0.4 is 5.32 Å². The van der Waals surface area contributed by atoms with Gasteiger partial charge in [0.1, 0.15) is 6.04 Å². The van der Waals surface area contributed by atoms with Crippen LogP contribution in [0, 0.1) is 0 Å². The molecule has 0 saturated carbocycles. The van der Waals surface area contributed by atoms with Crippen LogP contribution in [-0.4, -0.2) is 63.9 Å². The Morgan fingerprint density at radius 2 is 2.00 bits per heavy atom. The van der Waals surface area contributed by atoms with Crippen molar-refractivity contribution in [2.24, 2.45) is 0 Å². The lowest BCUT2D eigenvalue weighted by atomic mass is 10.2. The van der Waals surface area contributed by atoms with E-state index in [1.54, 1.807) is 14.2 Å². The van der Waals surface area contributed by atoms with Crippen molar-refractivity contribution in [1.82, 2.24) is 10.2 Å². The summed E-state index contributed by atoms with van der Waals surface area (Å²) >= 11 is 0. The Hall–Kier alpha value is -0.650. The van der Waals surface area contributed by atoms with Crippen LogP contribution in [0.3, 0.4) is 0 Å². The molecule has 0 bridgehead atoms. The maximum Gasteiger partial charge on any atom is 0.324 e.